The Morgan fingerprint density at radius 3 is 2.60 bits per heavy atom. The van der Waals surface area contributed by atoms with Gasteiger partial charge in [0.15, 0.2) is 6.61 Å². The molecule has 0 saturated carbocycles. The van der Waals surface area contributed by atoms with Crippen molar-refractivity contribution in [1.29, 1.82) is 0 Å². The van der Waals surface area contributed by atoms with Gasteiger partial charge in [-0.05, 0) is 67.5 Å². The molecule has 1 aliphatic rings. The van der Waals surface area contributed by atoms with E-state index in [0.717, 1.165) is 31.2 Å². The summed E-state index contributed by atoms with van der Waals surface area (Å²) in [6.07, 6.45) is 4.99. The Bertz CT molecular complexity index is 905. The molecule has 0 radical (unpaired) electrons. The van der Waals surface area contributed by atoms with Crippen LogP contribution in [0.2, 0.25) is 0 Å². The zero-order valence-corrected chi connectivity index (χ0v) is 19.2. The van der Waals surface area contributed by atoms with E-state index in [0.29, 0.717) is 27.8 Å². The van der Waals surface area contributed by atoms with E-state index in [1.807, 2.05) is 11.4 Å². The van der Waals surface area contributed by atoms with Crippen molar-refractivity contribution in [3.8, 4) is 0 Å². The fraction of sp³-hybridized carbons (Fsp3) is 0.500. The number of anilines is 1. The molecule has 0 fully saturated rings. The molecule has 2 heterocycles. The van der Waals surface area contributed by atoms with Crippen molar-refractivity contribution in [3.05, 3.63) is 37.9 Å². The first-order valence-electron chi connectivity index (χ1n) is 10.2. The normalized spacial score (nSPS) is 13.1. The summed E-state index contributed by atoms with van der Waals surface area (Å²) < 4.78 is 10.4. The topological polar surface area (TPSA) is 81.7 Å². The van der Waals surface area contributed by atoms with Crippen molar-refractivity contribution in [2.45, 2.75) is 52.9 Å². The molecule has 0 aliphatic heterocycles. The highest BCUT2D eigenvalue weighted by atomic mass is 32.1. The third-order valence-electron chi connectivity index (χ3n) is 4.76. The maximum atomic E-state index is 12.4. The summed E-state index contributed by atoms with van der Waals surface area (Å²) in [7, 11) is 0. The molecule has 8 heteroatoms. The van der Waals surface area contributed by atoms with Gasteiger partial charge >= 0.3 is 11.9 Å². The van der Waals surface area contributed by atoms with E-state index in [2.05, 4.69) is 19.2 Å². The first kappa shape index (κ1) is 22.5. The lowest BCUT2D eigenvalue weighted by atomic mass is 9.99. The van der Waals surface area contributed by atoms with E-state index in [-0.39, 0.29) is 6.61 Å². The summed E-state index contributed by atoms with van der Waals surface area (Å²) in [5.74, 6) is -1.06. The zero-order chi connectivity index (χ0) is 21.7. The largest absolute Gasteiger partial charge is 0.462 e. The number of fused-ring (bicyclic) bond motifs is 1. The number of ether oxygens (including phenoxy) is 2. The van der Waals surface area contributed by atoms with E-state index >= 15 is 0 Å². The number of aryl methyl sites for hydroxylation is 2. The van der Waals surface area contributed by atoms with Gasteiger partial charge in [-0.15, -0.1) is 22.7 Å². The third kappa shape index (κ3) is 5.49. The van der Waals surface area contributed by atoms with E-state index in [9.17, 15) is 14.4 Å². The smallest absolute Gasteiger partial charge is 0.348 e. The van der Waals surface area contributed by atoms with Gasteiger partial charge in [0.25, 0.3) is 5.91 Å². The lowest BCUT2D eigenvalue weighted by Crippen LogP contribution is -2.21. The standard InChI is InChI=1S/C22H27NO5S2/c1-4-27-22(26)19-15(9-13(2)3)12-29-20(19)23-18(24)11-28-21(25)17-10-14-7-5-6-8-16(14)30-17/h10,12-13H,4-9,11H2,1-3H3,(H,23,24). The van der Waals surface area contributed by atoms with Gasteiger partial charge in [-0.1, -0.05) is 13.8 Å². The van der Waals surface area contributed by atoms with Gasteiger partial charge in [-0.3, -0.25) is 4.79 Å². The van der Waals surface area contributed by atoms with Crippen LogP contribution in [0, 0.1) is 5.92 Å². The van der Waals surface area contributed by atoms with Crippen molar-refractivity contribution >= 4 is 45.5 Å². The van der Waals surface area contributed by atoms with Crippen molar-refractivity contribution in [3.63, 3.8) is 0 Å². The van der Waals surface area contributed by atoms with Crippen molar-refractivity contribution in [2.24, 2.45) is 5.92 Å². The van der Waals surface area contributed by atoms with Gasteiger partial charge in [-0.25, -0.2) is 9.59 Å². The van der Waals surface area contributed by atoms with Crippen LogP contribution in [0.1, 0.15) is 69.6 Å². The molecule has 1 aliphatic carbocycles. The Labute approximate surface area is 184 Å². The third-order valence-corrected chi connectivity index (χ3v) is 6.92. The summed E-state index contributed by atoms with van der Waals surface area (Å²) in [6, 6.07) is 1.88. The van der Waals surface area contributed by atoms with Crippen LogP contribution in [-0.2, 0) is 33.5 Å². The maximum Gasteiger partial charge on any atom is 0.348 e. The maximum absolute atomic E-state index is 12.4. The highest BCUT2D eigenvalue weighted by Gasteiger charge is 2.23. The molecular formula is C22H27NO5S2. The van der Waals surface area contributed by atoms with E-state index in [4.69, 9.17) is 9.47 Å². The number of hydrogen-bond acceptors (Lipinski definition) is 7. The van der Waals surface area contributed by atoms with Crippen LogP contribution in [0.25, 0.3) is 0 Å². The quantitative estimate of drug-likeness (QED) is 0.582. The average Bonchev–Trinajstić information content (AvgIpc) is 3.30. The Morgan fingerprint density at radius 1 is 1.13 bits per heavy atom. The minimum Gasteiger partial charge on any atom is -0.462 e. The molecule has 1 N–H and O–H groups in total. The van der Waals surface area contributed by atoms with E-state index in [1.165, 1.54) is 33.1 Å². The van der Waals surface area contributed by atoms with Crippen molar-refractivity contribution in [2.75, 3.05) is 18.5 Å². The molecule has 1 amide bonds. The van der Waals surface area contributed by atoms with Crippen LogP contribution < -0.4 is 5.32 Å². The van der Waals surface area contributed by atoms with Gasteiger partial charge in [-0.2, -0.15) is 0 Å². The second-order valence-corrected chi connectivity index (χ2v) is 9.69. The first-order valence-corrected chi connectivity index (χ1v) is 11.9. The van der Waals surface area contributed by atoms with Gasteiger partial charge in [0.2, 0.25) is 0 Å². The molecular weight excluding hydrogens is 422 g/mol. The van der Waals surface area contributed by atoms with Crippen LogP contribution in [0.15, 0.2) is 11.4 Å². The molecule has 0 unspecified atom stereocenters. The number of carbonyl (C=O) groups is 3. The molecule has 30 heavy (non-hydrogen) atoms. The van der Waals surface area contributed by atoms with Crippen LogP contribution >= 0.6 is 22.7 Å². The number of nitrogens with one attached hydrogen (secondary N) is 1. The van der Waals surface area contributed by atoms with Gasteiger partial charge in [0.1, 0.15) is 9.88 Å². The highest BCUT2D eigenvalue weighted by Crippen LogP contribution is 2.32. The minimum atomic E-state index is -0.484. The fourth-order valence-electron chi connectivity index (χ4n) is 3.46. The summed E-state index contributed by atoms with van der Waals surface area (Å²) in [5, 5.41) is 5.00. The molecule has 0 spiro atoms. The van der Waals surface area contributed by atoms with Crippen molar-refractivity contribution in [1.82, 2.24) is 0 Å². The summed E-state index contributed by atoms with van der Waals surface area (Å²) in [5.41, 5.74) is 2.46. The Hall–Kier alpha value is -2.19. The second kappa shape index (κ2) is 10.2. The minimum absolute atomic E-state index is 0.256. The molecule has 0 atom stereocenters. The number of hydrogen-bond donors (Lipinski definition) is 1. The number of rotatable bonds is 8. The first-order chi connectivity index (χ1) is 14.4. The van der Waals surface area contributed by atoms with Crippen LogP contribution in [-0.4, -0.2) is 31.1 Å². The van der Waals surface area contributed by atoms with Crippen LogP contribution in [0.4, 0.5) is 5.00 Å². The Kier molecular flexibility index (Phi) is 7.66. The Morgan fingerprint density at radius 2 is 1.90 bits per heavy atom. The van der Waals surface area contributed by atoms with E-state index < -0.39 is 24.5 Å². The van der Waals surface area contributed by atoms with Gasteiger partial charge in [0, 0.05) is 4.88 Å². The lowest BCUT2D eigenvalue weighted by Gasteiger charge is -2.10. The van der Waals surface area contributed by atoms with Crippen molar-refractivity contribution < 1.29 is 23.9 Å². The predicted molar refractivity (Wildman–Crippen MR) is 119 cm³/mol. The molecule has 2 aromatic rings. The number of amides is 1. The molecule has 0 saturated heterocycles. The SMILES string of the molecule is CCOC(=O)c1c(CC(C)C)csc1NC(=O)COC(=O)c1cc2c(s1)CCCC2. The summed E-state index contributed by atoms with van der Waals surface area (Å²) >= 11 is 2.73. The number of thiophene rings is 2. The number of esters is 2. The molecule has 162 valence electrons. The highest BCUT2D eigenvalue weighted by molar-refractivity contribution is 7.15. The average molecular weight is 450 g/mol. The fourth-order valence-corrected chi connectivity index (χ4v) is 5.59. The van der Waals surface area contributed by atoms with Crippen LogP contribution in [0.5, 0.6) is 0 Å². The summed E-state index contributed by atoms with van der Waals surface area (Å²) in [4.78, 5) is 38.9. The lowest BCUT2D eigenvalue weighted by molar-refractivity contribution is -0.119. The Balaban J connectivity index is 1.62. The molecule has 0 bridgehead atoms. The number of carbonyl (C=O) groups excluding carboxylic acids is 3. The monoisotopic (exact) mass is 449 g/mol. The molecule has 6 nitrogen and oxygen atoms in total. The molecule has 2 aromatic heterocycles. The predicted octanol–water partition coefficient (Wildman–Crippen LogP) is 4.86. The van der Waals surface area contributed by atoms with Gasteiger partial charge < -0.3 is 14.8 Å². The van der Waals surface area contributed by atoms with Crippen LogP contribution in [0.3, 0.4) is 0 Å². The van der Waals surface area contributed by atoms with E-state index in [1.54, 1.807) is 6.92 Å². The molecule has 3 rings (SSSR count). The molecule has 0 aromatic carbocycles. The summed E-state index contributed by atoms with van der Waals surface area (Å²) in [6.45, 7) is 5.72. The zero-order valence-electron chi connectivity index (χ0n) is 17.5. The second-order valence-electron chi connectivity index (χ2n) is 7.67. The van der Waals surface area contributed by atoms with Gasteiger partial charge in [0.05, 0.1) is 12.2 Å².